The molecule has 2 N–H and O–H groups in total. The van der Waals surface area contributed by atoms with Crippen LogP contribution in [-0.2, 0) is 0 Å². The van der Waals surface area contributed by atoms with Crippen LogP contribution in [0.4, 0.5) is 0 Å². The highest BCUT2D eigenvalue weighted by atomic mass is 35.5. The van der Waals surface area contributed by atoms with Crippen molar-refractivity contribution < 1.29 is 5.11 Å². The van der Waals surface area contributed by atoms with E-state index in [-0.39, 0.29) is 18.2 Å². The van der Waals surface area contributed by atoms with Crippen molar-refractivity contribution in [3.63, 3.8) is 0 Å². The van der Waals surface area contributed by atoms with Gasteiger partial charge in [-0.25, -0.2) is 4.98 Å². The second kappa shape index (κ2) is 9.13. The van der Waals surface area contributed by atoms with Crippen LogP contribution >= 0.6 is 12.4 Å². The summed E-state index contributed by atoms with van der Waals surface area (Å²) in [6.07, 6.45) is 4.14. The van der Waals surface area contributed by atoms with E-state index in [4.69, 9.17) is 0 Å². The molecule has 2 aromatic carbocycles. The largest absolute Gasteiger partial charge is 0.507 e. The van der Waals surface area contributed by atoms with Gasteiger partial charge in [-0.15, -0.1) is 12.4 Å². The van der Waals surface area contributed by atoms with Crippen molar-refractivity contribution in [2.45, 2.75) is 19.8 Å². The van der Waals surface area contributed by atoms with Crippen molar-refractivity contribution in [3.8, 4) is 39.3 Å². The maximum Gasteiger partial charge on any atom is 0.139 e. The van der Waals surface area contributed by atoms with Crippen molar-refractivity contribution in [3.05, 3.63) is 90.0 Å². The quantitative estimate of drug-likeness (QED) is 0.350. The van der Waals surface area contributed by atoms with E-state index in [0.29, 0.717) is 5.92 Å². The lowest BCUT2D eigenvalue weighted by atomic mass is 9.92. The lowest BCUT2D eigenvalue weighted by molar-refractivity contribution is 0.436. The third-order valence-electron chi connectivity index (χ3n) is 6.56. The number of para-hydroxylation sites is 1. The number of pyridine rings is 1. The van der Waals surface area contributed by atoms with Gasteiger partial charge < -0.3 is 14.8 Å². The minimum atomic E-state index is 0. The average Bonchev–Trinajstić information content (AvgIpc) is 3.19. The van der Waals surface area contributed by atoms with E-state index in [9.17, 15) is 5.11 Å². The molecule has 5 aromatic rings. The van der Waals surface area contributed by atoms with E-state index in [1.807, 2.05) is 37.4 Å². The second-order valence-electron chi connectivity index (χ2n) is 9.00. The molecule has 1 fully saturated rings. The Morgan fingerprint density at radius 1 is 0.857 bits per heavy atom. The molecule has 176 valence electrons. The predicted octanol–water partition coefficient (Wildman–Crippen LogP) is 5.56. The minimum absolute atomic E-state index is 0. The summed E-state index contributed by atoms with van der Waals surface area (Å²) in [5.41, 5.74) is 9.65. The molecule has 7 heteroatoms. The highest BCUT2D eigenvalue weighted by Crippen LogP contribution is 2.39. The van der Waals surface area contributed by atoms with E-state index in [1.165, 1.54) is 0 Å². The summed E-state index contributed by atoms with van der Waals surface area (Å²) in [6.45, 7) is 5.99. The molecule has 6 rings (SSSR count). The molecule has 0 unspecified atom stereocenters. The number of imidazole rings is 1. The number of halogens is 1. The standard InChI is InChI=1S/C28H25N5O.ClH/c1-17-11-20(16-33-15-18(2)30-28(17)33)19-7-8-22(24(12-19)23-5-3-4-6-27(23)34)26-10-9-25(31-32-26)21-13-29-14-21;/h3-12,15-16,21,29,34H,13-14H2,1-2H3;1H. The van der Waals surface area contributed by atoms with Crippen LogP contribution in [0.15, 0.2) is 73.1 Å². The van der Waals surface area contributed by atoms with E-state index in [2.05, 4.69) is 68.4 Å². The van der Waals surface area contributed by atoms with E-state index in [1.54, 1.807) is 6.07 Å². The van der Waals surface area contributed by atoms with Crippen LogP contribution in [0.1, 0.15) is 22.9 Å². The zero-order chi connectivity index (χ0) is 23.2. The maximum absolute atomic E-state index is 10.7. The average molecular weight is 484 g/mol. The van der Waals surface area contributed by atoms with Crippen molar-refractivity contribution >= 4 is 18.1 Å². The molecule has 0 amide bonds. The molecule has 0 aliphatic carbocycles. The Hall–Kier alpha value is -3.74. The predicted molar refractivity (Wildman–Crippen MR) is 141 cm³/mol. The number of rotatable bonds is 4. The van der Waals surface area contributed by atoms with Gasteiger partial charge in [0.05, 0.1) is 17.1 Å². The molecule has 1 aliphatic heterocycles. The van der Waals surface area contributed by atoms with Gasteiger partial charge in [0, 0.05) is 42.5 Å². The number of phenolic OH excluding ortho intramolecular Hbond substituents is 1. The van der Waals surface area contributed by atoms with E-state index >= 15 is 0 Å². The number of phenols is 1. The van der Waals surface area contributed by atoms with Crippen LogP contribution in [0.5, 0.6) is 5.75 Å². The monoisotopic (exact) mass is 483 g/mol. The number of aryl methyl sites for hydroxylation is 2. The first-order valence-corrected chi connectivity index (χ1v) is 11.5. The van der Waals surface area contributed by atoms with Crippen LogP contribution in [-0.4, -0.2) is 37.8 Å². The lowest BCUT2D eigenvalue weighted by Crippen LogP contribution is -2.40. The fraction of sp³-hybridized carbons (Fsp3) is 0.179. The molecule has 4 heterocycles. The highest BCUT2D eigenvalue weighted by Gasteiger charge is 2.21. The van der Waals surface area contributed by atoms with Gasteiger partial charge in [-0.2, -0.15) is 10.2 Å². The van der Waals surface area contributed by atoms with Gasteiger partial charge in [0.1, 0.15) is 11.4 Å². The Morgan fingerprint density at radius 2 is 1.69 bits per heavy atom. The topological polar surface area (TPSA) is 75.3 Å². The Balaban J connectivity index is 0.00000253. The fourth-order valence-electron chi connectivity index (χ4n) is 4.62. The van der Waals surface area contributed by atoms with E-state index < -0.39 is 0 Å². The van der Waals surface area contributed by atoms with Crippen LogP contribution < -0.4 is 5.32 Å². The number of fused-ring (bicyclic) bond motifs is 1. The summed E-state index contributed by atoms with van der Waals surface area (Å²) in [6, 6.07) is 20.0. The lowest BCUT2D eigenvalue weighted by Gasteiger charge is -2.26. The summed E-state index contributed by atoms with van der Waals surface area (Å²) < 4.78 is 2.08. The zero-order valence-electron chi connectivity index (χ0n) is 19.6. The SMILES string of the molecule is Cc1cn2cc(-c3ccc(-c4ccc(C5CNC5)nn4)c(-c4ccccc4O)c3)cc(C)c2n1.Cl. The molecule has 6 nitrogen and oxygen atoms in total. The van der Waals surface area contributed by atoms with Crippen molar-refractivity contribution in [2.24, 2.45) is 0 Å². The Labute approximate surface area is 210 Å². The molecule has 35 heavy (non-hydrogen) atoms. The first-order chi connectivity index (χ1) is 16.6. The van der Waals surface area contributed by atoms with Crippen molar-refractivity contribution in [1.29, 1.82) is 0 Å². The molecule has 0 bridgehead atoms. The number of aromatic nitrogens is 4. The third kappa shape index (κ3) is 4.16. The first-order valence-electron chi connectivity index (χ1n) is 11.5. The number of benzene rings is 2. The number of aromatic hydroxyl groups is 1. The number of nitrogens with zero attached hydrogens (tertiary/aromatic N) is 4. The van der Waals surface area contributed by atoms with Gasteiger partial charge in [-0.3, -0.25) is 0 Å². The Morgan fingerprint density at radius 3 is 2.40 bits per heavy atom. The summed E-state index contributed by atoms with van der Waals surface area (Å²) in [5.74, 6) is 0.675. The normalized spacial score (nSPS) is 13.4. The van der Waals surface area contributed by atoms with Crippen molar-refractivity contribution in [2.75, 3.05) is 13.1 Å². The van der Waals surface area contributed by atoms with Gasteiger partial charge in [-0.1, -0.05) is 30.3 Å². The van der Waals surface area contributed by atoms with Crippen molar-refractivity contribution in [1.82, 2.24) is 24.9 Å². The number of hydrogen-bond donors (Lipinski definition) is 2. The molecular formula is C28H26ClN5O. The molecule has 1 saturated heterocycles. The Bertz CT molecular complexity index is 1520. The van der Waals surface area contributed by atoms with Crippen LogP contribution in [0.2, 0.25) is 0 Å². The number of hydrogen-bond acceptors (Lipinski definition) is 5. The molecule has 0 radical (unpaired) electrons. The summed E-state index contributed by atoms with van der Waals surface area (Å²) in [5, 5.41) is 23.0. The van der Waals surface area contributed by atoms with Gasteiger partial charge in [0.25, 0.3) is 0 Å². The molecule has 0 atom stereocenters. The summed E-state index contributed by atoms with van der Waals surface area (Å²) in [4.78, 5) is 4.62. The molecule has 3 aromatic heterocycles. The maximum atomic E-state index is 10.7. The Kier molecular flexibility index (Phi) is 6.01. The van der Waals surface area contributed by atoms with Gasteiger partial charge in [0.15, 0.2) is 0 Å². The van der Waals surface area contributed by atoms with Gasteiger partial charge in [-0.05, 0) is 66.4 Å². The summed E-state index contributed by atoms with van der Waals surface area (Å²) in [7, 11) is 0. The molecule has 0 saturated carbocycles. The highest BCUT2D eigenvalue weighted by molar-refractivity contribution is 5.88. The van der Waals surface area contributed by atoms with Crippen LogP contribution in [0.3, 0.4) is 0 Å². The smallest absolute Gasteiger partial charge is 0.139 e. The summed E-state index contributed by atoms with van der Waals surface area (Å²) >= 11 is 0. The molecule has 0 spiro atoms. The van der Waals surface area contributed by atoms with E-state index in [0.717, 1.165) is 69.2 Å². The van der Waals surface area contributed by atoms with Crippen LogP contribution in [0.25, 0.3) is 39.2 Å². The fourth-order valence-corrected chi connectivity index (χ4v) is 4.62. The minimum Gasteiger partial charge on any atom is -0.507 e. The van der Waals surface area contributed by atoms with Gasteiger partial charge >= 0.3 is 0 Å². The third-order valence-corrected chi connectivity index (χ3v) is 6.56. The van der Waals surface area contributed by atoms with Gasteiger partial charge in [0.2, 0.25) is 0 Å². The van der Waals surface area contributed by atoms with Crippen LogP contribution in [0, 0.1) is 13.8 Å². The first kappa shape index (κ1) is 23.0. The zero-order valence-corrected chi connectivity index (χ0v) is 20.4. The molecule has 1 aliphatic rings. The second-order valence-corrected chi connectivity index (χ2v) is 9.00. The number of nitrogens with one attached hydrogen (secondary N) is 1. The molecular weight excluding hydrogens is 458 g/mol.